The maximum absolute atomic E-state index is 4.44. The number of nitrogens with zero attached hydrogens (tertiary/aromatic N) is 4. The van der Waals surface area contributed by atoms with E-state index in [9.17, 15) is 0 Å². The van der Waals surface area contributed by atoms with Crippen molar-refractivity contribution in [3.63, 3.8) is 0 Å². The summed E-state index contributed by atoms with van der Waals surface area (Å²) in [6, 6.07) is 10.6. The molecule has 0 saturated heterocycles. The van der Waals surface area contributed by atoms with Crippen LogP contribution in [0.25, 0.3) is 0 Å². The molecule has 2 heterocycles. The lowest BCUT2D eigenvalue weighted by molar-refractivity contribution is 0.243. The summed E-state index contributed by atoms with van der Waals surface area (Å²) in [6.45, 7) is 2.98. The first-order valence-corrected chi connectivity index (χ1v) is 7.00. The van der Waals surface area contributed by atoms with Crippen molar-refractivity contribution in [2.24, 2.45) is 0 Å². The standard InChI is InChI=1S/C16H20N4/c1-19(2)16-14-11-20(9-8-15(14)17-12-18-16)10-13-6-4-3-5-7-13/h3-7,12H,8-11H2,1-2H3. The largest absolute Gasteiger partial charge is 0.362 e. The molecule has 4 nitrogen and oxygen atoms in total. The van der Waals surface area contributed by atoms with Gasteiger partial charge in [0, 0.05) is 45.7 Å². The van der Waals surface area contributed by atoms with Crippen molar-refractivity contribution < 1.29 is 0 Å². The van der Waals surface area contributed by atoms with Crippen LogP contribution in [0.5, 0.6) is 0 Å². The Balaban J connectivity index is 1.81. The molecule has 1 aromatic heterocycles. The number of hydrogen-bond acceptors (Lipinski definition) is 4. The molecule has 2 aromatic rings. The summed E-state index contributed by atoms with van der Waals surface area (Å²) in [5.74, 6) is 1.05. The van der Waals surface area contributed by atoms with Crippen molar-refractivity contribution in [1.29, 1.82) is 0 Å². The molecule has 20 heavy (non-hydrogen) atoms. The normalized spacial score (nSPS) is 14.9. The molecule has 1 aliphatic rings. The summed E-state index contributed by atoms with van der Waals surface area (Å²) in [7, 11) is 4.08. The van der Waals surface area contributed by atoms with Gasteiger partial charge in [-0.15, -0.1) is 0 Å². The number of hydrogen-bond donors (Lipinski definition) is 0. The Morgan fingerprint density at radius 1 is 1.15 bits per heavy atom. The van der Waals surface area contributed by atoms with Crippen LogP contribution in [-0.2, 0) is 19.5 Å². The third-order valence-electron chi connectivity index (χ3n) is 3.73. The molecule has 0 atom stereocenters. The first-order valence-electron chi connectivity index (χ1n) is 7.00. The lowest BCUT2D eigenvalue weighted by atomic mass is 10.0. The molecule has 1 aromatic carbocycles. The van der Waals surface area contributed by atoms with Gasteiger partial charge in [-0.2, -0.15) is 0 Å². The van der Waals surface area contributed by atoms with Crippen molar-refractivity contribution in [2.45, 2.75) is 19.5 Å². The van der Waals surface area contributed by atoms with E-state index < -0.39 is 0 Å². The summed E-state index contributed by atoms with van der Waals surface area (Å²) in [5, 5.41) is 0. The summed E-state index contributed by atoms with van der Waals surface area (Å²) < 4.78 is 0. The van der Waals surface area contributed by atoms with Gasteiger partial charge in [-0.05, 0) is 5.56 Å². The van der Waals surface area contributed by atoms with Gasteiger partial charge in [0.05, 0.1) is 5.69 Å². The van der Waals surface area contributed by atoms with E-state index in [0.717, 1.165) is 31.9 Å². The van der Waals surface area contributed by atoms with E-state index in [-0.39, 0.29) is 0 Å². The Hall–Kier alpha value is -1.94. The lowest BCUT2D eigenvalue weighted by Gasteiger charge is -2.30. The Bertz CT molecular complexity index is 580. The van der Waals surface area contributed by atoms with Gasteiger partial charge in [0.1, 0.15) is 12.1 Å². The predicted octanol–water partition coefficient (Wildman–Crippen LogP) is 2.10. The second kappa shape index (κ2) is 5.59. The van der Waals surface area contributed by atoms with Crippen LogP contribution in [0, 0.1) is 0 Å². The van der Waals surface area contributed by atoms with Gasteiger partial charge in [0.15, 0.2) is 0 Å². The second-order valence-electron chi connectivity index (χ2n) is 5.46. The topological polar surface area (TPSA) is 32.3 Å². The van der Waals surface area contributed by atoms with Gasteiger partial charge in [-0.25, -0.2) is 9.97 Å². The Morgan fingerprint density at radius 2 is 1.95 bits per heavy atom. The van der Waals surface area contributed by atoms with Crippen LogP contribution in [-0.4, -0.2) is 35.5 Å². The summed E-state index contributed by atoms with van der Waals surface area (Å²) >= 11 is 0. The van der Waals surface area contributed by atoms with Crippen molar-refractivity contribution in [1.82, 2.24) is 14.9 Å². The van der Waals surface area contributed by atoms with Crippen LogP contribution in [0.15, 0.2) is 36.7 Å². The van der Waals surface area contributed by atoms with Crippen LogP contribution in [0.2, 0.25) is 0 Å². The molecular formula is C16H20N4. The fraction of sp³-hybridized carbons (Fsp3) is 0.375. The molecule has 0 saturated carbocycles. The molecule has 0 bridgehead atoms. The van der Waals surface area contributed by atoms with Crippen molar-refractivity contribution in [3.8, 4) is 0 Å². The van der Waals surface area contributed by atoms with Crippen LogP contribution in [0.4, 0.5) is 5.82 Å². The number of fused-ring (bicyclic) bond motifs is 1. The minimum atomic E-state index is 0.929. The Kier molecular flexibility index (Phi) is 3.65. The Morgan fingerprint density at radius 3 is 2.70 bits per heavy atom. The molecule has 0 unspecified atom stereocenters. The van der Waals surface area contributed by atoms with Crippen molar-refractivity contribution in [3.05, 3.63) is 53.5 Å². The monoisotopic (exact) mass is 268 g/mol. The molecule has 4 heteroatoms. The number of aromatic nitrogens is 2. The van der Waals surface area contributed by atoms with Crippen LogP contribution < -0.4 is 4.90 Å². The van der Waals surface area contributed by atoms with Crippen molar-refractivity contribution in [2.75, 3.05) is 25.5 Å². The molecule has 0 spiro atoms. The van der Waals surface area contributed by atoms with Crippen LogP contribution in [0.3, 0.4) is 0 Å². The first-order chi connectivity index (χ1) is 9.74. The number of benzene rings is 1. The summed E-state index contributed by atoms with van der Waals surface area (Å²) in [4.78, 5) is 13.4. The maximum atomic E-state index is 4.44. The highest BCUT2D eigenvalue weighted by Gasteiger charge is 2.21. The molecule has 0 fully saturated rings. The van der Waals surface area contributed by atoms with E-state index in [1.54, 1.807) is 6.33 Å². The first kappa shape index (κ1) is 13.1. The fourth-order valence-corrected chi connectivity index (χ4v) is 2.74. The summed E-state index contributed by atoms with van der Waals surface area (Å²) in [5.41, 5.74) is 3.84. The van der Waals surface area contributed by atoms with Gasteiger partial charge in [0.2, 0.25) is 0 Å². The highest BCUT2D eigenvalue weighted by Crippen LogP contribution is 2.25. The zero-order chi connectivity index (χ0) is 13.9. The zero-order valence-corrected chi connectivity index (χ0v) is 12.1. The predicted molar refractivity (Wildman–Crippen MR) is 80.6 cm³/mol. The molecule has 0 radical (unpaired) electrons. The molecule has 1 aliphatic heterocycles. The average molecular weight is 268 g/mol. The zero-order valence-electron chi connectivity index (χ0n) is 12.1. The van der Waals surface area contributed by atoms with E-state index in [1.807, 2.05) is 14.1 Å². The smallest absolute Gasteiger partial charge is 0.136 e. The average Bonchev–Trinajstić information content (AvgIpc) is 2.47. The van der Waals surface area contributed by atoms with Gasteiger partial charge >= 0.3 is 0 Å². The van der Waals surface area contributed by atoms with Gasteiger partial charge in [-0.3, -0.25) is 4.90 Å². The van der Waals surface area contributed by atoms with E-state index in [4.69, 9.17) is 0 Å². The minimum Gasteiger partial charge on any atom is -0.362 e. The maximum Gasteiger partial charge on any atom is 0.136 e. The van der Waals surface area contributed by atoms with Gasteiger partial charge < -0.3 is 4.90 Å². The van der Waals surface area contributed by atoms with E-state index in [0.29, 0.717) is 0 Å². The highest BCUT2D eigenvalue weighted by atomic mass is 15.2. The van der Waals surface area contributed by atoms with Crippen molar-refractivity contribution >= 4 is 5.82 Å². The van der Waals surface area contributed by atoms with E-state index >= 15 is 0 Å². The summed E-state index contributed by atoms with van der Waals surface area (Å²) in [6.07, 6.45) is 2.69. The van der Waals surface area contributed by atoms with Crippen LogP contribution in [0.1, 0.15) is 16.8 Å². The molecule has 0 aliphatic carbocycles. The lowest BCUT2D eigenvalue weighted by Crippen LogP contribution is -2.32. The molecular weight excluding hydrogens is 248 g/mol. The quantitative estimate of drug-likeness (QED) is 0.853. The SMILES string of the molecule is CN(C)c1ncnc2c1CN(Cc1ccccc1)CC2. The molecule has 0 N–H and O–H groups in total. The van der Waals surface area contributed by atoms with Gasteiger partial charge in [0.25, 0.3) is 0 Å². The van der Waals surface area contributed by atoms with E-state index in [2.05, 4.69) is 50.1 Å². The van der Waals surface area contributed by atoms with Gasteiger partial charge in [-0.1, -0.05) is 30.3 Å². The van der Waals surface area contributed by atoms with E-state index in [1.165, 1.54) is 16.8 Å². The third-order valence-corrected chi connectivity index (χ3v) is 3.73. The molecule has 104 valence electrons. The number of anilines is 1. The molecule has 0 amide bonds. The third kappa shape index (κ3) is 2.65. The second-order valence-corrected chi connectivity index (χ2v) is 5.46. The fourth-order valence-electron chi connectivity index (χ4n) is 2.74. The number of rotatable bonds is 3. The Labute approximate surface area is 120 Å². The van der Waals surface area contributed by atoms with Crippen LogP contribution >= 0.6 is 0 Å². The minimum absolute atomic E-state index is 0.929. The molecule has 3 rings (SSSR count). The highest BCUT2D eigenvalue weighted by molar-refractivity contribution is 5.48.